The predicted molar refractivity (Wildman–Crippen MR) is 103 cm³/mol. The molecule has 2 aromatic carbocycles. The average Bonchev–Trinajstić information content (AvgIpc) is 2.84. The number of fused-ring (bicyclic) bond motifs is 1. The van der Waals surface area contributed by atoms with Gasteiger partial charge in [-0.25, -0.2) is 4.90 Å². The van der Waals surface area contributed by atoms with Crippen LogP contribution in [-0.4, -0.2) is 23.4 Å². The van der Waals surface area contributed by atoms with Gasteiger partial charge in [-0.1, -0.05) is 32.9 Å². The predicted octanol–water partition coefficient (Wildman–Crippen LogP) is 4.19. The minimum absolute atomic E-state index is 0.0780. The average molecular weight is 363 g/mol. The Kier molecular flexibility index (Phi) is 4.34. The molecule has 5 nitrogen and oxygen atoms in total. The quantitative estimate of drug-likeness (QED) is 0.605. The molecule has 0 atom stereocenters. The zero-order valence-electron chi connectivity index (χ0n) is 16.0. The molecule has 0 spiro atoms. The van der Waals surface area contributed by atoms with E-state index in [-0.39, 0.29) is 44.9 Å². The molecule has 27 heavy (non-hydrogen) atoms. The maximum Gasteiger partial charge on any atom is 0.266 e. The van der Waals surface area contributed by atoms with E-state index in [4.69, 9.17) is 0 Å². The summed E-state index contributed by atoms with van der Waals surface area (Å²) in [4.78, 5) is 51.6. The number of benzene rings is 2. The van der Waals surface area contributed by atoms with Gasteiger partial charge in [0, 0.05) is 11.1 Å². The first-order chi connectivity index (χ1) is 12.5. The SMILES string of the molecule is CC(=O)c1cc(C(C)(C)C)cc(C(C)=O)c1N1C(=O)c2ccccc2C1=O. The van der Waals surface area contributed by atoms with E-state index in [1.807, 2.05) is 20.8 Å². The van der Waals surface area contributed by atoms with Crippen molar-refractivity contribution >= 4 is 29.1 Å². The third kappa shape index (κ3) is 2.99. The van der Waals surface area contributed by atoms with Crippen LogP contribution < -0.4 is 4.90 Å². The van der Waals surface area contributed by atoms with Gasteiger partial charge in [0.2, 0.25) is 0 Å². The molecule has 1 aliphatic heterocycles. The van der Waals surface area contributed by atoms with E-state index in [2.05, 4.69) is 0 Å². The molecule has 0 bridgehead atoms. The summed E-state index contributed by atoms with van der Waals surface area (Å²) in [6, 6.07) is 9.84. The second-order valence-corrected chi connectivity index (χ2v) is 7.77. The Hall–Kier alpha value is -3.08. The summed E-state index contributed by atoms with van der Waals surface area (Å²) >= 11 is 0. The highest BCUT2D eigenvalue weighted by Gasteiger charge is 2.40. The first kappa shape index (κ1) is 18.7. The number of amides is 2. The molecule has 0 radical (unpaired) electrons. The van der Waals surface area contributed by atoms with Gasteiger partial charge in [-0.3, -0.25) is 19.2 Å². The van der Waals surface area contributed by atoms with E-state index >= 15 is 0 Å². The van der Waals surface area contributed by atoms with Gasteiger partial charge < -0.3 is 0 Å². The Morgan fingerprint density at radius 3 is 1.56 bits per heavy atom. The van der Waals surface area contributed by atoms with Crippen LogP contribution in [0.25, 0.3) is 0 Å². The maximum absolute atomic E-state index is 12.9. The molecule has 5 heteroatoms. The van der Waals surface area contributed by atoms with E-state index < -0.39 is 11.8 Å². The van der Waals surface area contributed by atoms with Gasteiger partial charge in [0.25, 0.3) is 11.8 Å². The molecular weight excluding hydrogens is 342 g/mol. The third-order valence-electron chi connectivity index (χ3n) is 4.75. The summed E-state index contributed by atoms with van der Waals surface area (Å²) in [7, 11) is 0. The lowest BCUT2D eigenvalue weighted by atomic mass is 9.83. The van der Waals surface area contributed by atoms with E-state index in [9.17, 15) is 19.2 Å². The second-order valence-electron chi connectivity index (χ2n) is 7.77. The Morgan fingerprint density at radius 1 is 0.815 bits per heavy atom. The molecule has 0 N–H and O–H groups in total. The minimum Gasteiger partial charge on any atom is -0.294 e. The number of imide groups is 1. The molecule has 0 aliphatic carbocycles. The number of carbonyl (C=O) groups excluding carboxylic acids is 4. The first-order valence-corrected chi connectivity index (χ1v) is 8.72. The topological polar surface area (TPSA) is 71.5 Å². The largest absolute Gasteiger partial charge is 0.294 e. The molecular formula is C22H21NO4. The smallest absolute Gasteiger partial charge is 0.266 e. The van der Waals surface area contributed by atoms with Crippen molar-refractivity contribution in [2.24, 2.45) is 0 Å². The zero-order chi connectivity index (χ0) is 20.1. The summed E-state index contributed by atoms with van der Waals surface area (Å²) in [5, 5.41) is 0. The number of anilines is 1. The van der Waals surface area contributed by atoms with Crippen LogP contribution in [0, 0.1) is 0 Å². The lowest BCUT2D eigenvalue weighted by molar-refractivity contribution is 0.0926. The molecule has 0 aromatic heterocycles. The van der Waals surface area contributed by atoms with Crippen molar-refractivity contribution in [3.63, 3.8) is 0 Å². The molecule has 1 heterocycles. The van der Waals surface area contributed by atoms with Gasteiger partial charge >= 0.3 is 0 Å². The fourth-order valence-electron chi connectivity index (χ4n) is 3.24. The number of nitrogens with zero attached hydrogens (tertiary/aromatic N) is 1. The molecule has 0 saturated heterocycles. The summed E-state index contributed by atoms with van der Waals surface area (Å²) < 4.78 is 0. The van der Waals surface area contributed by atoms with Crippen molar-refractivity contribution in [3.05, 3.63) is 64.2 Å². The highest BCUT2D eigenvalue weighted by Crippen LogP contribution is 2.37. The molecule has 138 valence electrons. The Labute approximate surface area is 158 Å². The van der Waals surface area contributed by atoms with E-state index in [1.54, 1.807) is 36.4 Å². The van der Waals surface area contributed by atoms with Crippen LogP contribution in [-0.2, 0) is 5.41 Å². The van der Waals surface area contributed by atoms with Crippen LogP contribution in [0.15, 0.2) is 36.4 Å². The Morgan fingerprint density at radius 2 is 1.22 bits per heavy atom. The standard InChI is InChI=1S/C22H21NO4/c1-12(24)17-10-14(22(3,4)5)11-18(13(2)25)19(17)23-20(26)15-8-6-7-9-16(15)21(23)27/h6-11H,1-5H3. The molecule has 0 saturated carbocycles. The van der Waals surface area contributed by atoms with Crippen molar-refractivity contribution in [2.45, 2.75) is 40.0 Å². The summed E-state index contributed by atoms with van der Waals surface area (Å²) in [5.41, 5.74) is 1.49. The van der Waals surface area contributed by atoms with Gasteiger partial charge in [0.05, 0.1) is 16.8 Å². The fraction of sp³-hybridized carbons (Fsp3) is 0.273. The number of rotatable bonds is 3. The molecule has 2 aromatic rings. The van der Waals surface area contributed by atoms with E-state index in [0.717, 1.165) is 10.5 Å². The number of ketones is 2. The monoisotopic (exact) mass is 363 g/mol. The zero-order valence-corrected chi connectivity index (χ0v) is 16.0. The van der Waals surface area contributed by atoms with Crippen molar-refractivity contribution < 1.29 is 19.2 Å². The fourth-order valence-corrected chi connectivity index (χ4v) is 3.24. The third-order valence-corrected chi connectivity index (χ3v) is 4.75. The highest BCUT2D eigenvalue weighted by molar-refractivity contribution is 6.36. The molecule has 2 amide bonds. The second kappa shape index (κ2) is 6.27. The maximum atomic E-state index is 12.9. The number of hydrogen-bond donors (Lipinski definition) is 0. The lowest BCUT2D eigenvalue weighted by Crippen LogP contribution is -2.33. The van der Waals surface area contributed by atoms with Gasteiger partial charge in [0.1, 0.15) is 0 Å². The molecule has 0 unspecified atom stereocenters. The summed E-state index contributed by atoms with van der Waals surface area (Å²) in [6.45, 7) is 8.65. The highest BCUT2D eigenvalue weighted by atomic mass is 16.2. The Balaban J connectivity index is 2.33. The van der Waals surface area contributed by atoms with E-state index in [0.29, 0.717) is 0 Å². The first-order valence-electron chi connectivity index (χ1n) is 8.72. The van der Waals surface area contributed by atoms with Crippen LogP contribution in [0.4, 0.5) is 5.69 Å². The van der Waals surface area contributed by atoms with Crippen LogP contribution in [0.3, 0.4) is 0 Å². The van der Waals surface area contributed by atoms with Gasteiger partial charge in [0.15, 0.2) is 11.6 Å². The van der Waals surface area contributed by atoms with E-state index in [1.165, 1.54) is 13.8 Å². The van der Waals surface area contributed by atoms with Crippen LogP contribution >= 0.6 is 0 Å². The Bertz CT molecular complexity index is 941. The van der Waals surface area contributed by atoms with Crippen molar-refractivity contribution in [3.8, 4) is 0 Å². The van der Waals surface area contributed by atoms with Crippen molar-refractivity contribution in [2.75, 3.05) is 4.90 Å². The minimum atomic E-state index is -0.524. The van der Waals surface area contributed by atoms with Crippen molar-refractivity contribution in [1.82, 2.24) is 0 Å². The number of hydrogen-bond acceptors (Lipinski definition) is 4. The van der Waals surface area contributed by atoms with Crippen molar-refractivity contribution in [1.29, 1.82) is 0 Å². The van der Waals surface area contributed by atoms with Gasteiger partial charge in [-0.05, 0) is 49.1 Å². The van der Waals surface area contributed by atoms with Gasteiger partial charge in [-0.2, -0.15) is 0 Å². The van der Waals surface area contributed by atoms with Crippen LogP contribution in [0.2, 0.25) is 0 Å². The summed E-state index contributed by atoms with van der Waals surface area (Å²) in [6.07, 6.45) is 0. The lowest BCUT2D eigenvalue weighted by Gasteiger charge is -2.25. The number of carbonyl (C=O) groups is 4. The summed E-state index contributed by atoms with van der Waals surface area (Å²) in [5.74, 6) is -1.67. The molecule has 1 aliphatic rings. The van der Waals surface area contributed by atoms with Crippen LogP contribution in [0.5, 0.6) is 0 Å². The van der Waals surface area contributed by atoms with Gasteiger partial charge in [-0.15, -0.1) is 0 Å². The normalized spacial score (nSPS) is 13.7. The molecule has 3 rings (SSSR count). The van der Waals surface area contributed by atoms with Crippen LogP contribution in [0.1, 0.15) is 81.6 Å². The molecule has 0 fully saturated rings. The number of Topliss-reactive ketones (excluding diaryl/α,β-unsaturated/α-hetero) is 2.